The molecule has 0 bridgehead atoms. The van der Waals surface area contributed by atoms with Crippen molar-refractivity contribution in [1.82, 2.24) is 15.5 Å². The van der Waals surface area contributed by atoms with Crippen LogP contribution in [0.2, 0.25) is 0 Å². The van der Waals surface area contributed by atoms with Crippen molar-refractivity contribution in [2.24, 2.45) is 0 Å². The number of urea groups is 1. The highest BCUT2D eigenvalue weighted by Gasteiger charge is 2.06. The van der Waals surface area contributed by atoms with E-state index in [1.165, 1.54) is 24.8 Å². The molecule has 2 N–H and O–H groups in total. The van der Waals surface area contributed by atoms with Gasteiger partial charge in [0.25, 0.3) is 0 Å². The van der Waals surface area contributed by atoms with Gasteiger partial charge in [-0.2, -0.15) is 0 Å². The number of amides is 2. The molecule has 4 nitrogen and oxygen atoms in total. The number of hydrogen-bond donors (Lipinski definition) is 2. The molecule has 0 aromatic heterocycles. The first-order chi connectivity index (χ1) is 10.5. The summed E-state index contributed by atoms with van der Waals surface area (Å²) in [5.41, 5.74) is 2.40. The Morgan fingerprint density at radius 2 is 1.77 bits per heavy atom. The normalized spacial score (nSPS) is 12.2. The topological polar surface area (TPSA) is 44.4 Å². The molecule has 0 heterocycles. The van der Waals surface area contributed by atoms with Crippen molar-refractivity contribution in [2.75, 3.05) is 14.1 Å². The molecule has 1 unspecified atom stereocenters. The van der Waals surface area contributed by atoms with Gasteiger partial charge in [0.15, 0.2) is 0 Å². The van der Waals surface area contributed by atoms with Crippen LogP contribution < -0.4 is 10.6 Å². The van der Waals surface area contributed by atoms with E-state index in [0.717, 1.165) is 18.5 Å². The van der Waals surface area contributed by atoms with Crippen LogP contribution in [0.1, 0.15) is 50.7 Å². The maximum absolute atomic E-state index is 11.8. The van der Waals surface area contributed by atoms with Gasteiger partial charge in [-0.15, -0.1) is 0 Å². The molecule has 0 radical (unpaired) electrons. The molecular weight excluding hydrogens is 274 g/mol. The average molecular weight is 305 g/mol. The molecule has 1 aromatic rings. The molecule has 0 aliphatic carbocycles. The van der Waals surface area contributed by atoms with E-state index in [2.05, 4.69) is 67.7 Å². The van der Waals surface area contributed by atoms with Crippen LogP contribution in [-0.4, -0.2) is 31.1 Å². The zero-order valence-corrected chi connectivity index (χ0v) is 14.5. The zero-order chi connectivity index (χ0) is 16.4. The fourth-order valence-corrected chi connectivity index (χ4v) is 2.36. The third-order valence-corrected chi connectivity index (χ3v) is 3.59. The van der Waals surface area contributed by atoms with Gasteiger partial charge in [-0.25, -0.2) is 4.79 Å². The minimum absolute atomic E-state index is 0.0821. The quantitative estimate of drug-likeness (QED) is 0.686. The van der Waals surface area contributed by atoms with Gasteiger partial charge in [-0.1, -0.05) is 50.5 Å². The van der Waals surface area contributed by atoms with Gasteiger partial charge in [0.2, 0.25) is 0 Å². The van der Waals surface area contributed by atoms with E-state index < -0.39 is 0 Å². The van der Waals surface area contributed by atoms with Gasteiger partial charge < -0.3 is 15.5 Å². The monoisotopic (exact) mass is 305 g/mol. The van der Waals surface area contributed by atoms with E-state index in [-0.39, 0.29) is 12.1 Å². The third kappa shape index (κ3) is 8.03. The van der Waals surface area contributed by atoms with Crippen molar-refractivity contribution in [3.63, 3.8) is 0 Å². The number of carbonyl (C=O) groups excluding carboxylic acids is 1. The van der Waals surface area contributed by atoms with E-state index >= 15 is 0 Å². The van der Waals surface area contributed by atoms with Gasteiger partial charge >= 0.3 is 6.03 Å². The van der Waals surface area contributed by atoms with Crippen LogP contribution in [-0.2, 0) is 13.1 Å². The Labute approximate surface area is 135 Å². The summed E-state index contributed by atoms with van der Waals surface area (Å²) in [5, 5.41) is 5.91. The second kappa shape index (κ2) is 10.2. The van der Waals surface area contributed by atoms with E-state index in [1.54, 1.807) is 0 Å². The lowest BCUT2D eigenvalue weighted by Gasteiger charge is -2.15. The molecule has 0 aliphatic heterocycles. The van der Waals surface area contributed by atoms with E-state index in [4.69, 9.17) is 0 Å². The zero-order valence-electron chi connectivity index (χ0n) is 14.5. The van der Waals surface area contributed by atoms with E-state index in [1.807, 2.05) is 0 Å². The number of unbranched alkanes of at least 4 members (excludes halogenated alkanes) is 2. The molecule has 2 amide bonds. The smallest absolute Gasteiger partial charge is 0.315 e. The molecule has 22 heavy (non-hydrogen) atoms. The van der Waals surface area contributed by atoms with Crippen LogP contribution in [0.4, 0.5) is 4.79 Å². The molecule has 1 aromatic carbocycles. The van der Waals surface area contributed by atoms with Crippen LogP contribution in [0.25, 0.3) is 0 Å². The first-order valence-corrected chi connectivity index (χ1v) is 8.28. The van der Waals surface area contributed by atoms with Crippen LogP contribution in [0.3, 0.4) is 0 Å². The van der Waals surface area contributed by atoms with Gasteiger partial charge in [0, 0.05) is 19.1 Å². The van der Waals surface area contributed by atoms with Gasteiger partial charge in [-0.3, -0.25) is 0 Å². The van der Waals surface area contributed by atoms with Gasteiger partial charge in [-0.05, 0) is 38.6 Å². The number of rotatable bonds is 9. The fourth-order valence-electron chi connectivity index (χ4n) is 2.36. The number of hydrogen-bond acceptors (Lipinski definition) is 2. The van der Waals surface area contributed by atoms with Crippen LogP contribution in [0.15, 0.2) is 24.3 Å². The van der Waals surface area contributed by atoms with Gasteiger partial charge in [0.05, 0.1) is 0 Å². The highest BCUT2D eigenvalue weighted by Crippen LogP contribution is 2.06. The predicted molar refractivity (Wildman–Crippen MR) is 92.8 cm³/mol. The fraction of sp³-hybridized carbons (Fsp3) is 0.611. The molecule has 124 valence electrons. The minimum atomic E-state index is -0.0821. The summed E-state index contributed by atoms with van der Waals surface area (Å²) in [6.07, 6.45) is 4.65. The van der Waals surface area contributed by atoms with E-state index in [0.29, 0.717) is 6.54 Å². The van der Waals surface area contributed by atoms with Crippen molar-refractivity contribution in [2.45, 2.75) is 58.7 Å². The molecule has 0 aliphatic rings. The SMILES string of the molecule is CCCCCC(C)NC(=O)NCc1ccc(CN(C)C)cc1. The standard InChI is InChI=1S/C18H31N3O/c1-5-6-7-8-15(2)20-18(22)19-13-16-9-11-17(12-10-16)14-21(3)4/h9-12,15H,5-8,13-14H2,1-4H3,(H2,19,20,22). The lowest BCUT2D eigenvalue weighted by atomic mass is 10.1. The Morgan fingerprint density at radius 1 is 1.14 bits per heavy atom. The lowest BCUT2D eigenvalue weighted by Crippen LogP contribution is -2.40. The largest absolute Gasteiger partial charge is 0.336 e. The summed E-state index contributed by atoms with van der Waals surface area (Å²) in [5.74, 6) is 0. The molecule has 1 atom stereocenters. The summed E-state index contributed by atoms with van der Waals surface area (Å²) in [7, 11) is 4.11. The molecule has 1 rings (SSSR count). The Morgan fingerprint density at radius 3 is 2.36 bits per heavy atom. The highest BCUT2D eigenvalue weighted by molar-refractivity contribution is 5.74. The molecular formula is C18H31N3O. The first-order valence-electron chi connectivity index (χ1n) is 8.28. The van der Waals surface area contributed by atoms with Crippen molar-refractivity contribution in [3.05, 3.63) is 35.4 Å². The summed E-state index contributed by atoms with van der Waals surface area (Å²) in [4.78, 5) is 14.0. The van der Waals surface area contributed by atoms with Crippen LogP contribution in [0.5, 0.6) is 0 Å². The maximum atomic E-state index is 11.8. The van der Waals surface area contributed by atoms with Crippen LogP contribution in [0, 0.1) is 0 Å². The Kier molecular flexibility index (Phi) is 8.60. The van der Waals surface area contributed by atoms with Crippen molar-refractivity contribution in [3.8, 4) is 0 Å². The molecule has 0 saturated heterocycles. The van der Waals surface area contributed by atoms with Gasteiger partial charge in [0.1, 0.15) is 0 Å². The third-order valence-electron chi connectivity index (χ3n) is 3.59. The summed E-state index contributed by atoms with van der Waals surface area (Å²) >= 11 is 0. The van der Waals surface area contributed by atoms with Crippen molar-refractivity contribution >= 4 is 6.03 Å². The highest BCUT2D eigenvalue weighted by atomic mass is 16.2. The Balaban J connectivity index is 2.28. The Hall–Kier alpha value is -1.55. The predicted octanol–water partition coefficient (Wildman–Crippen LogP) is 3.52. The summed E-state index contributed by atoms with van der Waals surface area (Å²) in [6, 6.07) is 8.52. The number of nitrogens with one attached hydrogen (secondary N) is 2. The lowest BCUT2D eigenvalue weighted by molar-refractivity contribution is 0.236. The van der Waals surface area contributed by atoms with E-state index in [9.17, 15) is 4.79 Å². The molecule has 0 spiro atoms. The molecule has 4 heteroatoms. The summed E-state index contributed by atoms with van der Waals surface area (Å²) in [6.45, 7) is 5.75. The number of nitrogens with zero attached hydrogens (tertiary/aromatic N) is 1. The number of carbonyl (C=O) groups is 1. The molecule has 0 fully saturated rings. The first kappa shape index (κ1) is 18.5. The molecule has 0 saturated carbocycles. The summed E-state index contributed by atoms with van der Waals surface area (Å²) < 4.78 is 0. The number of benzene rings is 1. The Bertz CT molecular complexity index is 428. The van der Waals surface area contributed by atoms with Crippen molar-refractivity contribution < 1.29 is 4.79 Å². The van der Waals surface area contributed by atoms with Crippen molar-refractivity contribution in [1.29, 1.82) is 0 Å². The minimum Gasteiger partial charge on any atom is -0.336 e. The maximum Gasteiger partial charge on any atom is 0.315 e. The second-order valence-electron chi connectivity index (χ2n) is 6.28. The average Bonchev–Trinajstić information content (AvgIpc) is 2.46. The second-order valence-corrected chi connectivity index (χ2v) is 6.28. The van der Waals surface area contributed by atoms with Crippen LogP contribution >= 0.6 is 0 Å².